The molecule has 0 saturated heterocycles. The average molecular weight is 269 g/mol. The maximum Gasteiger partial charge on any atom is 0.0647 e. The topological polar surface area (TPSA) is 20.2 Å². The predicted molar refractivity (Wildman–Crippen MR) is 68.7 cm³/mol. The molecule has 0 bridgehead atoms. The Bertz CT molecular complexity index is 338. The summed E-state index contributed by atoms with van der Waals surface area (Å²) in [6.45, 7) is 4.37. The van der Waals surface area contributed by atoms with Gasteiger partial charge in [0.1, 0.15) is 0 Å². The van der Waals surface area contributed by atoms with Gasteiger partial charge < -0.3 is 5.11 Å². The first-order valence-corrected chi connectivity index (χ1v) is 6.03. The lowest BCUT2D eigenvalue weighted by molar-refractivity contribution is 0.327. The minimum atomic E-state index is 0.162. The fraction of sp³-hybridized carbons (Fsp3) is 0.385. The lowest BCUT2D eigenvalue weighted by atomic mass is 9.99. The summed E-state index contributed by atoms with van der Waals surface area (Å²) in [7, 11) is 0. The Labute approximate surface area is 100.0 Å². The highest BCUT2D eigenvalue weighted by molar-refractivity contribution is 9.10. The molecule has 0 aliphatic carbocycles. The number of benzene rings is 1. The smallest absolute Gasteiger partial charge is 0.0647 e. The zero-order valence-electron chi connectivity index (χ0n) is 9.26. The van der Waals surface area contributed by atoms with Crippen molar-refractivity contribution in [3.8, 4) is 0 Å². The number of allylic oxidation sites excluding steroid dienone is 1. The summed E-state index contributed by atoms with van der Waals surface area (Å²) in [5, 5.41) is 9.28. The maximum atomic E-state index is 9.28. The fourth-order valence-corrected chi connectivity index (χ4v) is 1.86. The first-order chi connectivity index (χ1) is 7.19. The largest absolute Gasteiger partial charge is 0.392 e. The molecule has 0 radical (unpaired) electrons. The molecule has 0 aliphatic rings. The molecule has 0 unspecified atom stereocenters. The van der Waals surface area contributed by atoms with Crippen LogP contribution in [-0.2, 0) is 0 Å². The zero-order chi connectivity index (χ0) is 11.3. The summed E-state index contributed by atoms with van der Waals surface area (Å²) >= 11 is 3.41. The van der Waals surface area contributed by atoms with E-state index in [1.165, 1.54) is 11.1 Å². The van der Waals surface area contributed by atoms with E-state index in [9.17, 15) is 5.11 Å². The van der Waals surface area contributed by atoms with Crippen LogP contribution in [0.3, 0.4) is 0 Å². The second-order valence-electron chi connectivity index (χ2n) is 3.64. The Morgan fingerprint density at radius 3 is 2.33 bits per heavy atom. The zero-order valence-corrected chi connectivity index (χ0v) is 10.8. The predicted octanol–water partition coefficient (Wildman–Crippen LogP) is 4.02. The number of aliphatic hydroxyl groups is 1. The van der Waals surface area contributed by atoms with Crippen LogP contribution in [-0.4, -0.2) is 11.7 Å². The third kappa shape index (κ3) is 3.47. The van der Waals surface area contributed by atoms with Crippen molar-refractivity contribution in [3.05, 3.63) is 39.9 Å². The molecule has 0 heterocycles. The summed E-state index contributed by atoms with van der Waals surface area (Å²) in [6, 6.07) is 8.20. The van der Waals surface area contributed by atoms with E-state index in [2.05, 4.69) is 41.9 Å². The molecule has 0 atom stereocenters. The highest BCUT2D eigenvalue weighted by Gasteiger charge is 2.03. The number of rotatable bonds is 4. The number of aliphatic hydroxyl groups excluding tert-OH is 1. The first-order valence-electron chi connectivity index (χ1n) is 5.24. The van der Waals surface area contributed by atoms with E-state index < -0.39 is 0 Å². The normalized spacial score (nSPS) is 12.5. The summed E-state index contributed by atoms with van der Waals surface area (Å²) in [5.74, 6) is 0. The molecular formula is C13H17BrO. The fourth-order valence-electron chi connectivity index (χ4n) is 1.59. The monoisotopic (exact) mass is 268 g/mol. The van der Waals surface area contributed by atoms with Gasteiger partial charge in [-0.25, -0.2) is 0 Å². The van der Waals surface area contributed by atoms with Crippen LogP contribution in [0, 0.1) is 0 Å². The minimum absolute atomic E-state index is 0.162. The summed E-state index contributed by atoms with van der Waals surface area (Å²) < 4.78 is 1.08. The summed E-state index contributed by atoms with van der Waals surface area (Å²) in [6.07, 6.45) is 2.04. The van der Waals surface area contributed by atoms with Crippen molar-refractivity contribution in [3.63, 3.8) is 0 Å². The molecule has 1 nitrogen and oxygen atoms in total. The first kappa shape index (κ1) is 12.5. The summed E-state index contributed by atoms with van der Waals surface area (Å²) in [4.78, 5) is 0. The van der Waals surface area contributed by atoms with E-state index >= 15 is 0 Å². The lowest BCUT2D eigenvalue weighted by Crippen LogP contribution is -1.94. The molecule has 15 heavy (non-hydrogen) atoms. The van der Waals surface area contributed by atoms with Crippen molar-refractivity contribution in [2.75, 3.05) is 6.61 Å². The van der Waals surface area contributed by atoms with Gasteiger partial charge in [0, 0.05) is 4.47 Å². The van der Waals surface area contributed by atoms with Crippen LogP contribution in [0.5, 0.6) is 0 Å². The van der Waals surface area contributed by atoms with Gasteiger partial charge >= 0.3 is 0 Å². The highest BCUT2D eigenvalue weighted by atomic mass is 79.9. The van der Waals surface area contributed by atoms with Gasteiger partial charge in [0.25, 0.3) is 0 Å². The highest BCUT2D eigenvalue weighted by Crippen LogP contribution is 2.22. The Balaban J connectivity index is 2.99. The molecular weight excluding hydrogens is 252 g/mol. The molecule has 0 aromatic heterocycles. The van der Waals surface area contributed by atoms with E-state index in [4.69, 9.17) is 0 Å². The minimum Gasteiger partial charge on any atom is -0.392 e. The van der Waals surface area contributed by atoms with E-state index in [1.807, 2.05) is 12.1 Å². The quantitative estimate of drug-likeness (QED) is 0.875. The van der Waals surface area contributed by atoms with Crippen molar-refractivity contribution in [2.45, 2.75) is 26.7 Å². The third-order valence-electron chi connectivity index (χ3n) is 2.55. The molecule has 0 aliphatic heterocycles. The molecule has 0 spiro atoms. The van der Waals surface area contributed by atoms with Crippen LogP contribution in [0.4, 0.5) is 0 Å². The Morgan fingerprint density at radius 2 is 1.87 bits per heavy atom. The van der Waals surface area contributed by atoms with Gasteiger partial charge in [0.05, 0.1) is 6.61 Å². The van der Waals surface area contributed by atoms with Crippen molar-refractivity contribution in [1.29, 1.82) is 0 Å². The van der Waals surface area contributed by atoms with Gasteiger partial charge in [-0.2, -0.15) is 0 Å². The molecule has 1 aromatic rings. The average Bonchev–Trinajstić information content (AvgIpc) is 2.26. The second kappa shape index (κ2) is 6.09. The molecule has 1 N–H and O–H groups in total. The molecule has 1 rings (SSSR count). The molecule has 0 fully saturated rings. The van der Waals surface area contributed by atoms with E-state index in [0.717, 1.165) is 22.9 Å². The Hall–Kier alpha value is -0.600. The lowest BCUT2D eigenvalue weighted by Gasteiger charge is -2.09. The van der Waals surface area contributed by atoms with Crippen LogP contribution in [0.25, 0.3) is 5.57 Å². The van der Waals surface area contributed by atoms with Crippen LogP contribution >= 0.6 is 15.9 Å². The van der Waals surface area contributed by atoms with Gasteiger partial charge in [-0.3, -0.25) is 0 Å². The van der Waals surface area contributed by atoms with Gasteiger partial charge in [-0.15, -0.1) is 0 Å². The number of hydrogen-bond acceptors (Lipinski definition) is 1. The van der Waals surface area contributed by atoms with Crippen LogP contribution < -0.4 is 0 Å². The van der Waals surface area contributed by atoms with Crippen molar-refractivity contribution >= 4 is 21.5 Å². The van der Waals surface area contributed by atoms with E-state index in [-0.39, 0.29) is 6.61 Å². The molecule has 82 valence electrons. The maximum absolute atomic E-state index is 9.28. The molecule has 0 saturated carbocycles. The molecule has 2 heteroatoms. The third-order valence-corrected chi connectivity index (χ3v) is 3.08. The van der Waals surface area contributed by atoms with Crippen LogP contribution in [0.2, 0.25) is 0 Å². The van der Waals surface area contributed by atoms with Crippen molar-refractivity contribution in [2.24, 2.45) is 0 Å². The summed E-state index contributed by atoms with van der Waals surface area (Å²) in [5.41, 5.74) is 3.53. The standard InChI is InChI=1S/C13H17BrO/c1-3-4-12(9-15)10(2)11-5-7-13(14)8-6-11/h5-8,15H,3-4,9H2,1-2H3/b12-10-. The van der Waals surface area contributed by atoms with Crippen LogP contribution in [0.1, 0.15) is 32.3 Å². The van der Waals surface area contributed by atoms with Gasteiger partial charge in [-0.1, -0.05) is 41.4 Å². The van der Waals surface area contributed by atoms with Crippen LogP contribution in [0.15, 0.2) is 34.3 Å². The number of halogens is 1. The van der Waals surface area contributed by atoms with Crippen molar-refractivity contribution < 1.29 is 5.11 Å². The van der Waals surface area contributed by atoms with E-state index in [1.54, 1.807) is 0 Å². The van der Waals surface area contributed by atoms with E-state index in [0.29, 0.717) is 0 Å². The second-order valence-corrected chi connectivity index (χ2v) is 4.56. The van der Waals surface area contributed by atoms with Crippen molar-refractivity contribution in [1.82, 2.24) is 0 Å². The Morgan fingerprint density at radius 1 is 1.27 bits per heavy atom. The SMILES string of the molecule is CCC/C(CO)=C(\C)c1ccc(Br)cc1. The number of hydrogen-bond donors (Lipinski definition) is 1. The molecule has 1 aromatic carbocycles. The Kier molecular flexibility index (Phi) is 5.06. The van der Waals surface area contributed by atoms with Gasteiger partial charge in [-0.05, 0) is 42.2 Å². The molecule has 0 amide bonds. The van der Waals surface area contributed by atoms with Gasteiger partial charge in [0.2, 0.25) is 0 Å². The van der Waals surface area contributed by atoms with Gasteiger partial charge in [0.15, 0.2) is 0 Å².